The van der Waals surface area contributed by atoms with Crippen molar-refractivity contribution in [2.75, 3.05) is 24.6 Å². The first kappa shape index (κ1) is 21.2. The van der Waals surface area contributed by atoms with Crippen molar-refractivity contribution in [1.82, 2.24) is 9.88 Å². The van der Waals surface area contributed by atoms with Crippen molar-refractivity contribution in [3.8, 4) is 11.6 Å². The normalized spacial score (nSPS) is 19.7. The fraction of sp³-hybridized carbons (Fsp3) is 0.417. The molecule has 1 atom stereocenters. The summed E-state index contributed by atoms with van der Waals surface area (Å²) in [4.78, 5) is 43.6. The molecular formula is C24H25N3O6. The van der Waals surface area contributed by atoms with Crippen LogP contribution in [-0.2, 0) is 16.1 Å². The molecule has 1 saturated carbocycles. The Labute approximate surface area is 190 Å². The number of hydrogen-bond acceptors (Lipinski definition) is 6. The molecule has 9 nitrogen and oxygen atoms in total. The molecule has 33 heavy (non-hydrogen) atoms. The van der Waals surface area contributed by atoms with Crippen molar-refractivity contribution in [1.29, 1.82) is 0 Å². The summed E-state index contributed by atoms with van der Waals surface area (Å²) in [6, 6.07) is 8.72. The summed E-state index contributed by atoms with van der Waals surface area (Å²) in [6.07, 6.45) is 5.07. The molecule has 0 unspecified atom stereocenters. The minimum atomic E-state index is -1.06. The van der Waals surface area contributed by atoms with Gasteiger partial charge >= 0.3 is 5.97 Å². The lowest BCUT2D eigenvalue weighted by molar-refractivity contribution is -0.137. The van der Waals surface area contributed by atoms with Gasteiger partial charge in [0.1, 0.15) is 12.3 Å². The van der Waals surface area contributed by atoms with Crippen molar-refractivity contribution in [3.63, 3.8) is 0 Å². The molecule has 9 heteroatoms. The second-order valence-electron chi connectivity index (χ2n) is 8.69. The molecule has 1 saturated heterocycles. The van der Waals surface area contributed by atoms with Gasteiger partial charge < -0.3 is 24.4 Å². The van der Waals surface area contributed by atoms with Crippen molar-refractivity contribution >= 4 is 23.5 Å². The summed E-state index contributed by atoms with van der Waals surface area (Å²) in [5.41, 5.74) is 1.80. The molecule has 1 aromatic heterocycles. The molecular weight excluding hydrogens is 426 g/mol. The monoisotopic (exact) mass is 451 g/mol. The van der Waals surface area contributed by atoms with Crippen LogP contribution in [0.3, 0.4) is 0 Å². The van der Waals surface area contributed by atoms with Crippen LogP contribution in [0.25, 0.3) is 0 Å². The predicted molar refractivity (Wildman–Crippen MR) is 117 cm³/mol. The van der Waals surface area contributed by atoms with E-state index in [1.54, 1.807) is 41.4 Å². The number of hydrogen-bond donors (Lipinski definition) is 1. The average Bonchev–Trinajstić information content (AvgIpc) is 3.49. The van der Waals surface area contributed by atoms with Gasteiger partial charge in [-0.3, -0.25) is 14.4 Å². The number of nitrogens with zero attached hydrogens (tertiary/aromatic N) is 3. The molecule has 2 aliphatic heterocycles. The summed E-state index contributed by atoms with van der Waals surface area (Å²) < 4.78 is 11.5. The Kier molecular flexibility index (Phi) is 5.62. The lowest BCUT2D eigenvalue weighted by Gasteiger charge is -2.18. The smallest absolute Gasteiger partial charge is 0.323 e. The predicted octanol–water partition coefficient (Wildman–Crippen LogP) is 2.49. The highest BCUT2D eigenvalue weighted by Gasteiger charge is 2.36. The zero-order valence-electron chi connectivity index (χ0n) is 18.1. The van der Waals surface area contributed by atoms with E-state index in [4.69, 9.17) is 14.6 Å². The van der Waals surface area contributed by atoms with Crippen LogP contribution >= 0.6 is 0 Å². The minimum Gasteiger partial charge on any atom is -0.480 e. The Hall–Kier alpha value is -3.62. The van der Waals surface area contributed by atoms with Crippen LogP contribution in [0.1, 0.15) is 41.6 Å². The van der Waals surface area contributed by atoms with Gasteiger partial charge in [0.15, 0.2) is 6.10 Å². The average molecular weight is 451 g/mol. The number of carbonyl (C=O) groups excluding carboxylic acids is 2. The molecule has 172 valence electrons. The van der Waals surface area contributed by atoms with Crippen LogP contribution in [0.2, 0.25) is 0 Å². The van der Waals surface area contributed by atoms with Gasteiger partial charge in [0.2, 0.25) is 5.88 Å². The maximum Gasteiger partial charge on any atom is 0.323 e. The van der Waals surface area contributed by atoms with Gasteiger partial charge in [0.05, 0.1) is 12.8 Å². The van der Waals surface area contributed by atoms with E-state index in [0.717, 1.165) is 17.9 Å². The number of rotatable bonds is 9. The fourth-order valence-electron chi connectivity index (χ4n) is 4.25. The van der Waals surface area contributed by atoms with Crippen LogP contribution in [-0.4, -0.2) is 58.6 Å². The van der Waals surface area contributed by atoms with E-state index in [1.165, 1.54) is 17.7 Å². The van der Waals surface area contributed by atoms with Crippen molar-refractivity contribution in [3.05, 3.63) is 47.7 Å². The first-order chi connectivity index (χ1) is 16.0. The Morgan fingerprint density at radius 3 is 2.73 bits per heavy atom. The number of carboxylic acid groups (broad SMARTS) is 1. The maximum atomic E-state index is 13.0. The molecule has 1 aromatic carbocycles. The molecule has 2 fully saturated rings. The number of aliphatic carboxylic acids is 1. The summed E-state index contributed by atoms with van der Waals surface area (Å²) in [6.45, 7) is 1.03. The number of fused-ring (bicyclic) bond motifs is 1. The number of anilines is 1. The Balaban J connectivity index is 1.20. The zero-order valence-corrected chi connectivity index (χ0v) is 18.1. The lowest BCUT2D eigenvalue weighted by atomic mass is 10.1. The molecule has 1 N–H and O–H groups in total. The first-order valence-electron chi connectivity index (χ1n) is 11.2. The summed E-state index contributed by atoms with van der Waals surface area (Å²) >= 11 is 0. The molecule has 2 aromatic rings. The van der Waals surface area contributed by atoms with Gasteiger partial charge in [-0.1, -0.05) is 18.9 Å². The molecule has 1 aliphatic carbocycles. The van der Waals surface area contributed by atoms with Crippen LogP contribution in [0, 0.1) is 5.92 Å². The second kappa shape index (κ2) is 8.73. The van der Waals surface area contributed by atoms with E-state index >= 15 is 0 Å². The van der Waals surface area contributed by atoms with E-state index in [1.807, 2.05) is 0 Å². The van der Waals surface area contributed by atoms with Gasteiger partial charge in [0, 0.05) is 36.8 Å². The van der Waals surface area contributed by atoms with Crippen LogP contribution in [0.15, 0.2) is 36.5 Å². The second-order valence-corrected chi connectivity index (χ2v) is 8.69. The minimum absolute atomic E-state index is 0.187. The van der Waals surface area contributed by atoms with Gasteiger partial charge in [-0.05, 0) is 36.1 Å². The first-order valence-corrected chi connectivity index (χ1v) is 11.2. The number of pyridine rings is 1. The molecule has 0 bridgehead atoms. The molecule has 5 rings (SSSR count). The highest BCUT2D eigenvalue weighted by atomic mass is 16.5. The van der Waals surface area contributed by atoms with Gasteiger partial charge in [0.25, 0.3) is 11.8 Å². The third-order valence-electron chi connectivity index (χ3n) is 6.23. The number of aromatic nitrogens is 1. The molecule has 2 amide bonds. The molecule has 0 spiro atoms. The highest BCUT2D eigenvalue weighted by Crippen LogP contribution is 2.33. The Morgan fingerprint density at radius 2 is 2.00 bits per heavy atom. The van der Waals surface area contributed by atoms with E-state index < -0.39 is 12.1 Å². The summed E-state index contributed by atoms with van der Waals surface area (Å²) in [5, 5.41) is 8.99. The topological polar surface area (TPSA) is 109 Å². The summed E-state index contributed by atoms with van der Waals surface area (Å²) in [7, 11) is 0. The van der Waals surface area contributed by atoms with Crippen LogP contribution in [0.5, 0.6) is 11.6 Å². The quantitative estimate of drug-likeness (QED) is 0.624. The van der Waals surface area contributed by atoms with E-state index in [9.17, 15) is 14.4 Å². The highest BCUT2D eigenvalue weighted by molar-refractivity contribution is 6.03. The van der Waals surface area contributed by atoms with E-state index in [-0.39, 0.29) is 24.9 Å². The van der Waals surface area contributed by atoms with Crippen LogP contribution in [0.4, 0.5) is 5.69 Å². The Morgan fingerprint density at radius 1 is 1.15 bits per heavy atom. The lowest BCUT2D eigenvalue weighted by Crippen LogP contribution is -2.32. The van der Waals surface area contributed by atoms with Crippen molar-refractivity contribution in [2.24, 2.45) is 5.92 Å². The molecule has 0 radical (unpaired) electrons. The van der Waals surface area contributed by atoms with Crippen molar-refractivity contribution in [2.45, 2.75) is 38.3 Å². The maximum absolute atomic E-state index is 13.0. The third-order valence-corrected chi connectivity index (χ3v) is 6.23. The third kappa shape index (κ3) is 4.62. The van der Waals surface area contributed by atoms with Gasteiger partial charge in [-0.15, -0.1) is 0 Å². The summed E-state index contributed by atoms with van der Waals surface area (Å²) in [5.74, 6) is 0.266. The largest absolute Gasteiger partial charge is 0.480 e. The van der Waals surface area contributed by atoms with Crippen LogP contribution < -0.4 is 14.4 Å². The molecule has 3 aliphatic rings. The zero-order chi connectivity index (χ0) is 22.9. The van der Waals surface area contributed by atoms with E-state index in [0.29, 0.717) is 42.5 Å². The van der Waals surface area contributed by atoms with E-state index in [2.05, 4.69) is 4.98 Å². The number of benzene rings is 1. The number of carboxylic acids is 1. The fourth-order valence-corrected chi connectivity index (χ4v) is 4.25. The number of ether oxygens (including phenoxy) is 2. The number of amides is 2. The Bertz CT molecular complexity index is 1080. The molecule has 3 heterocycles. The SMILES string of the molecule is O=C(O)CN1Cc2ccc(N3CC[C@@H](Oc4ccc(OCCC5CC5)nc4)C3=O)cc2C1=O. The van der Waals surface area contributed by atoms with Gasteiger partial charge in [-0.2, -0.15) is 0 Å². The standard InChI is InChI=1S/C24H25N3O6/c28-22(29)14-26-13-16-3-4-17(11-19(16)23(26)30)27-9-7-20(24(27)31)33-18-5-6-21(25-12-18)32-10-8-15-1-2-15/h3-6,11-12,15,20H,1-2,7-10,13-14H2,(H,28,29)/t20-/m1/s1. The van der Waals surface area contributed by atoms with Gasteiger partial charge in [-0.25, -0.2) is 4.98 Å². The van der Waals surface area contributed by atoms with Crippen molar-refractivity contribution < 1.29 is 29.0 Å². The number of carbonyl (C=O) groups is 3.